The van der Waals surface area contributed by atoms with Crippen molar-refractivity contribution in [3.63, 3.8) is 0 Å². The van der Waals surface area contributed by atoms with Gasteiger partial charge in [0.25, 0.3) is 0 Å². The van der Waals surface area contributed by atoms with Crippen molar-refractivity contribution in [1.29, 1.82) is 0 Å². The molecular formula is C20H26N6O. The molecule has 0 radical (unpaired) electrons. The standard InChI is InChI=1S/C20H26N6O/c1-24(2)20-16-7-12-26(18(27)14-25-10-3-4-11-25)13-17(16)22-19(23-20)15-5-8-21-9-6-15/h5-6,8-9H,3-4,7,10-14H2,1-2H3. The van der Waals surface area contributed by atoms with Gasteiger partial charge in [-0.3, -0.25) is 14.7 Å². The van der Waals surface area contributed by atoms with E-state index in [0.29, 0.717) is 18.9 Å². The molecule has 1 fully saturated rings. The molecule has 0 unspecified atom stereocenters. The van der Waals surface area contributed by atoms with Gasteiger partial charge >= 0.3 is 0 Å². The van der Waals surface area contributed by atoms with E-state index in [2.05, 4.69) is 9.88 Å². The number of aromatic nitrogens is 3. The van der Waals surface area contributed by atoms with E-state index < -0.39 is 0 Å². The van der Waals surface area contributed by atoms with E-state index in [1.54, 1.807) is 12.4 Å². The Morgan fingerprint density at radius 2 is 1.85 bits per heavy atom. The Morgan fingerprint density at radius 1 is 1.11 bits per heavy atom. The van der Waals surface area contributed by atoms with Gasteiger partial charge in [-0.2, -0.15) is 0 Å². The number of likely N-dealkylation sites (tertiary alicyclic amines) is 1. The van der Waals surface area contributed by atoms with Crippen LogP contribution in [0.15, 0.2) is 24.5 Å². The largest absolute Gasteiger partial charge is 0.362 e. The third kappa shape index (κ3) is 3.78. The fourth-order valence-corrected chi connectivity index (χ4v) is 3.86. The minimum Gasteiger partial charge on any atom is -0.362 e. The molecule has 4 rings (SSSR count). The van der Waals surface area contributed by atoms with E-state index in [9.17, 15) is 4.79 Å². The van der Waals surface area contributed by atoms with Gasteiger partial charge in [-0.05, 0) is 44.5 Å². The van der Waals surface area contributed by atoms with Crippen molar-refractivity contribution < 1.29 is 4.79 Å². The number of fused-ring (bicyclic) bond motifs is 1. The van der Waals surface area contributed by atoms with Crippen molar-refractivity contribution in [2.45, 2.75) is 25.8 Å². The maximum absolute atomic E-state index is 12.8. The molecule has 142 valence electrons. The normalized spacial score (nSPS) is 17.0. The molecule has 7 nitrogen and oxygen atoms in total. The summed E-state index contributed by atoms with van der Waals surface area (Å²) in [6.45, 7) is 3.89. The fourth-order valence-electron chi connectivity index (χ4n) is 3.86. The molecule has 0 spiro atoms. The second kappa shape index (κ2) is 7.60. The van der Waals surface area contributed by atoms with E-state index in [-0.39, 0.29) is 5.91 Å². The van der Waals surface area contributed by atoms with Crippen LogP contribution in [0.2, 0.25) is 0 Å². The van der Waals surface area contributed by atoms with Crippen molar-refractivity contribution in [1.82, 2.24) is 24.8 Å². The first-order valence-corrected chi connectivity index (χ1v) is 9.59. The van der Waals surface area contributed by atoms with Crippen molar-refractivity contribution in [3.05, 3.63) is 35.8 Å². The van der Waals surface area contributed by atoms with E-state index in [0.717, 1.165) is 48.7 Å². The lowest BCUT2D eigenvalue weighted by Gasteiger charge is -2.31. The summed E-state index contributed by atoms with van der Waals surface area (Å²) in [5.41, 5.74) is 3.06. The Balaban J connectivity index is 1.61. The first-order valence-electron chi connectivity index (χ1n) is 9.59. The van der Waals surface area contributed by atoms with Gasteiger partial charge in [0.2, 0.25) is 5.91 Å². The smallest absolute Gasteiger partial charge is 0.237 e. The van der Waals surface area contributed by atoms with E-state index >= 15 is 0 Å². The van der Waals surface area contributed by atoms with Crippen molar-refractivity contribution in [3.8, 4) is 11.4 Å². The van der Waals surface area contributed by atoms with Gasteiger partial charge in [0, 0.05) is 44.2 Å². The van der Waals surface area contributed by atoms with Gasteiger partial charge in [-0.15, -0.1) is 0 Å². The molecule has 1 saturated heterocycles. The van der Waals surface area contributed by atoms with Crippen LogP contribution in [0.25, 0.3) is 11.4 Å². The van der Waals surface area contributed by atoms with Crippen LogP contribution in [0.4, 0.5) is 5.82 Å². The van der Waals surface area contributed by atoms with Crippen LogP contribution in [0.1, 0.15) is 24.1 Å². The average Bonchev–Trinajstić information content (AvgIpc) is 3.20. The number of carbonyl (C=O) groups excluding carboxylic acids is 1. The molecular weight excluding hydrogens is 340 g/mol. The van der Waals surface area contributed by atoms with Crippen molar-refractivity contribution >= 4 is 11.7 Å². The zero-order valence-electron chi connectivity index (χ0n) is 16.1. The molecule has 27 heavy (non-hydrogen) atoms. The Bertz CT molecular complexity index is 817. The molecule has 1 amide bonds. The maximum atomic E-state index is 12.8. The summed E-state index contributed by atoms with van der Waals surface area (Å²) in [6.07, 6.45) is 6.69. The molecule has 0 bridgehead atoms. The highest BCUT2D eigenvalue weighted by Gasteiger charge is 2.27. The lowest BCUT2D eigenvalue weighted by molar-refractivity contribution is -0.133. The summed E-state index contributed by atoms with van der Waals surface area (Å²) in [6, 6.07) is 3.83. The molecule has 4 heterocycles. The molecule has 0 aliphatic carbocycles. The Kier molecular flexibility index (Phi) is 5.03. The van der Waals surface area contributed by atoms with Crippen LogP contribution < -0.4 is 4.90 Å². The Labute approximate surface area is 160 Å². The predicted octanol–water partition coefficient (Wildman–Crippen LogP) is 1.59. The van der Waals surface area contributed by atoms with Crippen LogP contribution in [0, 0.1) is 0 Å². The van der Waals surface area contributed by atoms with E-state index in [1.807, 2.05) is 36.0 Å². The number of pyridine rings is 1. The molecule has 2 aromatic rings. The molecule has 0 saturated carbocycles. The molecule has 0 N–H and O–H groups in total. The number of anilines is 1. The zero-order valence-corrected chi connectivity index (χ0v) is 16.1. The van der Waals surface area contributed by atoms with Crippen molar-refractivity contribution in [2.24, 2.45) is 0 Å². The molecule has 2 aliphatic heterocycles. The van der Waals surface area contributed by atoms with Gasteiger partial charge in [0.05, 0.1) is 18.8 Å². The Hall–Kier alpha value is -2.54. The van der Waals surface area contributed by atoms with Gasteiger partial charge < -0.3 is 9.80 Å². The first-order chi connectivity index (χ1) is 13.1. The van der Waals surface area contributed by atoms with E-state index in [4.69, 9.17) is 9.97 Å². The van der Waals surface area contributed by atoms with Gasteiger partial charge in [-0.25, -0.2) is 9.97 Å². The molecule has 2 aromatic heterocycles. The molecule has 0 aromatic carbocycles. The molecule has 7 heteroatoms. The summed E-state index contributed by atoms with van der Waals surface area (Å²) < 4.78 is 0. The highest BCUT2D eigenvalue weighted by atomic mass is 16.2. The summed E-state index contributed by atoms with van der Waals surface area (Å²) in [7, 11) is 4.01. The van der Waals surface area contributed by atoms with Crippen LogP contribution in [-0.4, -0.2) is 70.9 Å². The zero-order chi connectivity index (χ0) is 18.8. The van der Waals surface area contributed by atoms with Gasteiger partial charge in [0.15, 0.2) is 5.82 Å². The molecule has 2 aliphatic rings. The third-order valence-electron chi connectivity index (χ3n) is 5.32. The number of rotatable bonds is 4. The highest BCUT2D eigenvalue weighted by Crippen LogP contribution is 2.28. The minimum atomic E-state index is 0.207. The fraction of sp³-hybridized carbons (Fsp3) is 0.500. The van der Waals surface area contributed by atoms with Crippen LogP contribution in [-0.2, 0) is 17.8 Å². The highest BCUT2D eigenvalue weighted by molar-refractivity contribution is 5.78. The second-order valence-corrected chi connectivity index (χ2v) is 7.47. The summed E-state index contributed by atoms with van der Waals surface area (Å²) in [4.78, 5) is 32.7. The van der Waals surface area contributed by atoms with Gasteiger partial charge in [0.1, 0.15) is 5.82 Å². The van der Waals surface area contributed by atoms with Gasteiger partial charge in [-0.1, -0.05) is 0 Å². The minimum absolute atomic E-state index is 0.207. The van der Waals surface area contributed by atoms with Crippen LogP contribution in [0.3, 0.4) is 0 Å². The van der Waals surface area contributed by atoms with Crippen molar-refractivity contribution in [2.75, 3.05) is 45.2 Å². The van der Waals surface area contributed by atoms with Crippen LogP contribution in [0.5, 0.6) is 0 Å². The van der Waals surface area contributed by atoms with Crippen LogP contribution >= 0.6 is 0 Å². The maximum Gasteiger partial charge on any atom is 0.237 e. The second-order valence-electron chi connectivity index (χ2n) is 7.47. The SMILES string of the molecule is CN(C)c1nc(-c2ccncc2)nc2c1CCN(C(=O)CN1CCCC1)C2. The number of hydrogen-bond acceptors (Lipinski definition) is 6. The monoisotopic (exact) mass is 366 g/mol. The predicted molar refractivity (Wildman–Crippen MR) is 104 cm³/mol. The number of carbonyl (C=O) groups is 1. The topological polar surface area (TPSA) is 65.5 Å². The lowest BCUT2D eigenvalue weighted by atomic mass is 10.0. The summed E-state index contributed by atoms with van der Waals surface area (Å²) >= 11 is 0. The average molecular weight is 366 g/mol. The number of nitrogens with zero attached hydrogens (tertiary/aromatic N) is 6. The third-order valence-corrected chi connectivity index (χ3v) is 5.32. The summed E-state index contributed by atoms with van der Waals surface area (Å²) in [5, 5.41) is 0. The lowest BCUT2D eigenvalue weighted by Crippen LogP contribution is -2.42. The summed E-state index contributed by atoms with van der Waals surface area (Å²) in [5.74, 6) is 1.84. The first kappa shape index (κ1) is 17.9. The quantitative estimate of drug-likeness (QED) is 0.819. The Morgan fingerprint density at radius 3 is 2.56 bits per heavy atom. The molecule has 0 atom stereocenters. The number of hydrogen-bond donors (Lipinski definition) is 0. The van der Waals surface area contributed by atoms with E-state index in [1.165, 1.54) is 12.8 Å². The number of amides is 1.